The minimum atomic E-state index is -0.213. The first-order valence-corrected chi connectivity index (χ1v) is 9.53. The van der Waals surface area contributed by atoms with E-state index in [2.05, 4.69) is 0 Å². The highest BCUT2D eigenvalue weighted by molar-refractivity contribution is 5.42. The predicted molar refractivity (Wildman–Crippen MR) is 110 cm³/mol. The third-order valence-electron chi connectivity index (χ3n) is 4.74. The van der Waals surface area contributed by atoms with Gasteiger partial charge in [-0.1, -0.05) is 42.5 Å². The topological polar surface area (TPSA) is 49.5 Å². The van der Waals surface area contributed by atoms with E-state index in [0.29, 0.717) is 30.5 Å². The highest BCUT2D eigenvalue weighted by atomic mass is 16.6. The zero-order chi connectivity index (χ0) is 20.1. The van der Waals surface area contributed by atoms with Gasteiger partial charge >= 0.3 is 0 Å². The van der Waals surface area contributed by atoms with Gasteiger partial charge in [-0.3, -0.25) is 0 Å². The average Bonchev–Trinajstić information content (AvgIpc) is 3.62. The summed E-state index contributed by atoms with van der Waals surface area (Å²) in [5, 5.41) is 0. The smallest absolute Gasteiger partial charge is 0.152 e. The Morgan fingerprint density at radius 1 is 0.828 bits per heavy atom. The van der Waals surface area contributed by atoms with Gasteiger partial charge in [-0.2, -0.15) is 0 Å². The molecule has 1 unspecified atom stereocenters. The maximum absolute atomic E-state index is 6.25. The zero-order valence-electron chi connectivity index (χ0n) is 16.5. The third-order valence-corrected chi connectivity index (χ3v) is 4.74. The van der Waals surface area contributed by atoms with Crippen molar-refractivity contribution < 1.29 is 23.7 Å². The molecule has 3 aromatic carbocycles. The molecule has 29 heavy (non-hydrogen) atoms. The Labute approximate surface area is 170 Å². The fourth-order valence-corrected chi connectivity index (χ4v) is 3.08. The average molecular weight is 392 g/mol. The monoisotopic (exact) mass is 392 g/mol. The van der Waals surface area contributed by atoms with E-state index in [4.69, 9.17) is 23.7 Å². The summed E-state index contributed by atoms with van der Waals surface area (Å²) in [4.78, 5) is 0. The molecule has 5 heteroatoms. The molecule has 1 heterocycles. The largest absolute Gasteiger partial charge is 0.496 e. The second-order valence-corrected chi connectivity index (χ2v) is 6.80. The van der Waals surface area contributed by atoms with Crippen molar-refractivity contribution in [1.29, 1.82) is 0 Å². The number of benzene rings is 3. The van der Waals surface area contributed by atoms with Crippen LogP contribution in [0.2, 0.25) is 0 Å². The van der Waals surface area contributed by atoms with Crippen LogP contribution in [0.1, 0.15) is 17.2 Å². The van der Waals surface area contributed by atoms with Crippen LogP contribution in [0.25, 0.3) is 0 Å². The molecule has 0 bridgehead atoms. The van der Waals surface area contributed by atoms with E-state index in [1.165, 1.54) is 0 Å². The fraction of sp³-hybridized carbons (Fsp3) is 0.250. The Bertz CT molecular complexity index is 898. The molecule has 0 spiro atoms. The van der Waals surface area contributed by atoms with E-state index in [-0.39, 0.29) is 12.2 Å². The molecule has 0 aromatic heterocycles. The highest BCUT2D eigenvalue weighted by Crippen LogP contribution is 2.36. The summed E-state index contributed by atoms with van der Waals surface area (Å²) in [6, 6.07) is 23.6. The SMILES string of the molecule is COc1cc(OC)cc(O[C@H](c2ccc(OCc3ccccc3)cc2)C2CO2)c1. The first kappa shape index (κ1) is 19.2. The van der Waals surface area contributed by atoms with Gasteiger partial charge in [-0.25, -0.2) is 0 Å². The summed E-state index contributed by atoms with van der Waals surface area (Å²) < 4.78 is 28.3. The van der Waals surface area contributed by atoms with Gasteiger partial charge < -0.3 is 23.7 Å². The first-order valence-electron chi connectivity index (χ1n) is 9.53. The lowest BCUT2D eigenvalue weighted by molar-refractivity contribution is 0.160. The molecule has 1 aliphatic heterocycles. The summed E-state index contributed by atoms with van der Waals surface area (Å²) in [5.74, 6) is 2.85. The van der Waals surface area contributed by atoms with E-state index >= 15 is 0 Å². The predicted octanol–water partition coefficient (Wildman–Crippen LogP) is 4.80. The fourth-order valence-electron chi connectivity index (χ4n) is 3.08. The lowest BCUT2D eigenvalue weighted by Crippen LogP contribution is -2.14. The van der Waals surface area contributed by atoms with E-state index < -0.39 is 0 Å². The van der Waals surface area contributed by atoms with Crippen LogP contribution in [0, 0.1) is 0 Å². The summed E-state index contributed by atoms with van der Waals surface area (Å²) in [7, 11) is 3.24. The maximum Gasteiger partial charge on any atom is 0.152 e. The molecule has 1 saturated heterocycles. The van der Waals surface area contributed by atoms with Gasteiger partial charge in [-0.15, -0.1) is 0 Å². The lowest BCUT2D eigenvalue weighted by atomic mass is 10.1. The molecule has 1 aliphatic rings. The molecule has 1 fully saturated rings. The molecule has 150 valence electrons. The summed E-state index contributed by atoms with van der Waals surface area (Å²) >= 11 is 0. The standard InChI is InChI=1S/C24H24O5/c1-25-20-12-21(26-2)14-22(13-20)29-24(23-16-28-23)18-8-10-19(11-9-18)27-15-17-6-4-3-5-7-17/h3-14,23-24H,15-16H2,1-2H3/t23?,24-/m1/s1. The van der Waals surface area contributed by atoms with Gasteiger partial charge in [-0.05, 0) is 23.3 Å². The number of rotatable bonds is 9. The van der Waals surface area contributed by atoms with Gasteiger partial charge in [0.05, 0.1) is 20.8 Å². The Morgan fingerprint density at radius 2 is 1.45 bits per heavy atom. The van der Waals surface area contributed by atoms with Gasteiger partial charge in [0.15, 0.2) is 6.10 Å². The normalized spacial score (nSPS) is 16.0. The molecule has 5 nitrogen and oxygen atoms in total. The van der Waals surface area contributed by atoms with Crippen LogP contribution in [-0.2, 0) is 11.3 Å². The van der Waals surface area contributed by atoms with Crippen LogP contribution >= 0.6 is 0 Å². The number of methoxy groups -OCH3 is 2. The molecular weight excluding hydrogens is 368 g/mol. The number of hydrogen-bond donors (Lipinski definition) is 0. The van der Waals surface area contributed by atoms with Crippen LogP contribution in [0.4, 0.5) is 0 Å². The Kier molecular flexibility index (Phi) is 5.86. The van der Waals surface area contributed by atoms with Gasteiger partial charge in [0.2, 0.25) is 0 Å². The van der Waals surface area contributed by atoms with Crippen LogP contribution in [-0.4, -0.2) is 26.9 Å². The Balaban J connectivity index is 1.46. The van der Waals surface area contributed by atoms with E-state index in [1.54, 1.807) is 14.2 Å². The zero-order valence-corrected chi connectivity index (χ0v) is 16.5. The van der Waals surface area contributed by atoms with Crippen molar-refractivity contribution in [2.45, 2.75) is 18.8 Å². The summed E-state index contributed by atoms with van der Waals surface area (Å²) in [6.07, 6.45) is -0.182. The van der Waals surface area contributed by atoms with Gasteiger partial charge in [0.1, 0.15) is 35.7 Å². The van der Waals surface area contributed by atoms with Crippen molar-refractivity contribution >= 4 is 0 Å². The van der Waals surface area contributed by atoms with Gasteiger partial charge in [0.25, 0.3) is 0 Å². The third kappa shape index (κ3) is 5.00. The van der Waals surface area contributed by atoms with Crippen LogP contribution < -0.4 is 18.9 Å². The molecule has 0 aliphatic carbocycles. The van der Waals surface area contributed by atoms with Crippen LogP contribution in [0.3, 0.4) is 0 Å². The number of ether oxygens (including phenoxy) is 5. The Hall–Kier alpha value is -3.18. The molecular formula is C24H24O5. The molecule has 3 aromatic rings. The van der Waals surface area contributed by atoms with Crippen molar-refractivity contribution in [2.75, 3.05) is 20.8 Å². The van der Waals surface area contributed by atoms with Crippen molar-refractivity contribution in [3.63, 3.8) is 0 Å². The number of hydrogen-bond acceptors (Lipinski definition) is 5. The van der Waals surface area contributed by atoms with E-state index in [1.807, 2.05) is 72.8 Å². The highest BCUT2D eigenvalue weighted by Gasteiger charge is 2.36. The quantitative estimate of drug-likeness (QED) is 0.490. The first-order chi connectivity index (χ1) is 14.2. The second kappa shape index (κ2) is 8.88. The summed E-state index contributed by atoms with van der Waals surface area (Å²) in [5.41, 5.74) is 2.16. The molecule has 2 atom stereocenters. The van der Waals surface area contributed by atoms with E-state index in [0.717, 1.165) is 16.9 Å². The second-order valence-electron chi connectivity index (χ2n) is 6.80. The number of epoxide rings is 1. The molecule has 4 rings (SSSR count). The van der Waals surface area contributed by atoms with Crippen molar-refractivity contribution in [3.05, 3.63) is 83.9 Å². The minimum Gasteiger partial charge on any atom is -0.496 e. The Morgan fingerprint density at radius 3 is 2.03 bits per heavy atom. The molecule has 0 amide bonds. The lowest BCUT2D eigenvalue weighted by Gasteiger charge is -2.19. The molecule has 0 N–H and O–H groups in total. The van der Waals surface area contributed by atoms with E-state index in [9.17, 15) is 0 Å². The molecule has 0 radical (unpaired) electrons. The minimum absolute atomic E-state index is 0.0308. The maximum atomic E-state index is 6.25. The van der Waals surface area contributed by atoms with Crippen molar-refractivity contribution in [3.8, 4) is 23.0 Å². The summed E-state index contributed by atoms with van der Waals surface area (Å²) in [6.45, 7) is 1.22. The van der Waals surface area contributed by atoms with Crippen LogP contribution in [0.5, 0.6) is 23.0 Å². The van der Waals surface area contributed by atoms with Crippen LogP contribution in [0.15, 0.2) is 72.8 Å². The van der Waals surface area contributed by atoms with Crippen molar-refractivity contribution in [2.24, 2.45) is 0 Å². The van der Waals surface area contributed by atoms with Gasteiger partial charge in [0, 0.05) is 18.2 Å². The molecule has 0 saturated carbocycles. The van der Waals surface area contributed by atoms with Crippen molar-refractivity contribution in [1.82, 2.24) is 0 Å².